The first-order chi connectivity index (χ1) is 12.0. The molecule has 0 saturated heterocycles. The monoisotopic (exact) mass is 354 g/mol. The molecule has 0 aliphatic heterocycles. The van der Waals surface area contributed by atoms with Gasteiger partial charge in [0.2, 0.25) is 0 Å². The summed E-state index contributed by atoms with van der Waals surface area (Å²) in [6.07, 6.45) is 13.3. The van der Waals surface area contributed by atoms with Crippen molar-refractivity contribution in [3.05, 3.63) is 24.0 Å². The average Bonchev–Trinajstić information content (AvgIpc) is 2.82. The van der Waals surface area contributed by atoms with E-state index in [1.54, 1.807) is 13.0 Å². The molecule has 0 aromatic rings. The minimum absolute atomic E-state index is 0.0967. The van der Waals surface area contributed by atoms with E-state index in [0.29, 0.717) is 12.2 Å². The molecule has 4 heteroatoms. The van der Waals surface area contributed by atoms with Crippen molar-refractivity contribution in [1.29, 1.82) is 0 Å². The van der Waals surface area contributed by atoms with E-state index < -0.39 is 12.2 Å². The number of rotatable bonds is 12. The molecule has 4 nitrogen and oxygen atoms in total. The summed E-state index contributed by atoms with van der Waals surface area (Å²) in [6, 6.07) is 0. The van der Waals surface area contributed by atoms with Crippen LogP contribution < -0.4 is 0 Å². The lowest BCUT2D eigenvalue weighted by Gasteiger charge is -2.24. The number of hydrogen-bond acceptors (Lipinski definition) is 4. The third kappa shape index (κ3) is 8.89. The van der Waals surface area contributed by atoms with Crippen molar-refractivity contribution < 1.29 is 20.4 Å². The molecule has 146 valence electrons. The van der Waals surface area contributed by atoms with Crippen LogP contribution in [0, 0.1) is 11.8 Å². The molecular formula is C21H38O4. The van der Waals surface area contributed by atoms with E-state index in [1.807, 2.05) is 12.2 Å². The summed E-state index contributed by atoms with van der Waals surface area (Å²) in [4.78, 5) is 0. The average molecular weight is 355 g/mol. The normalized spacial score (nSPS) is 28.8. The molecule has 25 heavy (non-hydrogen) atoms. The molecule has 0 aromatic heterocycles. The van der Waals surface area contributed by atoms with Crippen LogP contribution in [0.4, 0.5) is 0 Å². The van der Waals surface area contributed by atoms with Crippen LogP contribution >= 0.6 is 0 Å². The van der Waals surface area contributed by atoms with Gasteiger partial charge < -0.3 is 20.4 Å². The van der Waals surface area contributed by atoms with E-state index in [1.165, 1.54) is 0 Å². The maximum atomic E-state index is 10.3. The van der Waals surface area contributed by atoms with Crippen molar-refractivity contribution in [2.75, 3.05) is 0 Å². The summed E-state index contributed by atoms with van der Waals surface area (Å²) in [5, 5.41) is 39.7. The van der Waals surface area contributed by atoms with Gasteiger partial charge in [0.15, 0.2) is 0 Å². The molecule has 1 aliphatic rings. The Bertz CT molecular complexity index is 401. The van der Waals surface area contributed by atoms with Gasteiger partial charge in [0.25, 0.3) is 0 Å². The SMILES string of the molecule is CCCCC[C@H](O)CC[C@@H]1[C@@H](CCC/C=C/C=C(\C)O)[C@@H](O)C[C@H]1O. The van der Waals surface area contributed by atoms with Gasteiger partial charge in [-0.05, 0) is 69.8 Å². The van der Waals surface area contributed by atoms with Gasteiger partial charge in [-0.3, -0.25) is 0 Å². The lowest BCUT2D eigenvalue weighted by molar-refractivity contribution is 0.0803. The van der Waals surface area contributed by atoms with Crippen molar-refractivity contribution in [2.24, 2.45) is 11.8 Å². The molecule has 0 radical (unpaired) electrons. The lowest BCUT2D eigenvalue weighted by atomic mass is 9.84. The Balaban J connectivity index is 2.37. The summed E-state index contributed by atoms with van der Waals surface area (Å²) in [6.45, 7) is 3.80. The second-order valence-corrected chi connectivity index (χ2v) is 7.59. The summed E-state index contributed by atoms with van der Waals surface area (Å²) in [5.74, 6) is 0.517. The van der Waals surface area contributed by atoms with Crippen molar-refractivity contribution in [1.82, 2.24) is 0 Å². The minimum Gasteiger partial charge on any atom is -0.513 e. The molecule has 1 saturated carbocycles. The van der Waals surface area contributed by atoms with E-state index in [4.69, 9.17) is 5.11 Å². The zero-order valence-electron chi connectivity index (χ0n) is 16.0. The van der Waals surface area contributed by atoms with E-state index in [0.717, 1.165) is 57.8 Å². The Labute approximate surface area is 153 Å². The smallest absolute Gasteiger partial charge is 0.0891 e. The second-order valence-electron chi connectivity index (χ2n) is 7.59. The van der Waals surface area contributed by atoms with E-state index in [-0.39, 0.29) is 17.9 Å². The van der Waals surface area contributed by atoms with Gasteiger partial charge >= 0.3 is 0 Å². The van der Waals surface area contributed by atoms with Crippen molar-refractivity contribution >= 4 is 0 Å². The van der Waals surface area contributed by atoms with Gasteiger partial charge in [0, 0.05) is 0 Å². The Kier molecular flexibility index (Phi) is 11.1. The highest BCUT2D eigenvalue weighted by atomic mass is 16.3. The first kappa shape index (κ1) is 22.2. The van der Waals surface area contributed by atoms with E-state index >= 15 is 0 Å². The van der Waals surface area contributed by atoms with Crippen LogP contribution in [0.3, 0.4) is 0 Å². The molecule has 0 bridgehead atoms. The maximum absolute atomic E-state index is 10.3. The van der Waals surface area contributed by atoms with Crippen LogP contribution in [0.1, 0.15) is 78.1 Å². The first-order valence-corrected chi connectivity index (χ1v) is 10.0. The maximum Gasteiger partial charge on any atom is 0.0891 e. The van der Waals surface area contributed by atoms with Gasteiger partial charge in [-0.25, -0.2) is 0 Å². The van der Waals surface area contributed by atoms with E-state index in [9.17, 15) is 15.3 Å². The molecule has 5 atom stereocenters. The summed E-state index contributed by atoms with van der Waals surface area (Å²) in [5.41, 5.74) is 0. The third-order valence-electron chi connectivity index (χ3n) is 5.38. The Morgan fingerprint density at radius 2 is 1.72 bits per heavy atom. The number of unbranched alkanes of at least 4 members (excludes halogenated alkanes) is 3. The highest BCUT2D eigenvalue weighted by molar-refractivity contribution is 5.04. The zero-order chi connectivity index (χ0) is 18.7. The highest BCUT2D eigenvalue weighted by Crippen LogP contribution is 2.39. The van der Waals surface area contributed by atoms with Crippen LogP contribution in [0.25, 0.3) is 0 Å². The van der Waals surface area contributed by atoms with Crippen LogP contribution in [-0.4, -0.2) is 38.7 Å². The van der Waals surface area contributed by atoms with Crippen molar-refractivity contribution in [2.45, 2.75) is 96.4 Å². The lowest BCUT2D eigenvalue weighted by Crippen LogP contribution is -2.23. The van der Waals surface area contributed by atoms with Crippen LogP contribution in [0.2, 0.25) is 0 Å². The molecular weight excluding hydrogens is 316 g/mol. The number of hydrogen-bond donors (Lipinski definition) is 4. The fourth-order valence-electron chi connectivity index (χ4n) is 3.91. The molecule has 1 rings (SSSR count). The van der Waals surface area contributed by atoms with Crippen LogP contribution in [-0.2, 0) is 0 Å². The summed E-state index contributed by atoms with van der Waals surface area (Å²) >= 11 is 0. The zero-order valence-corrected chi connectivity index (χ0v) is 16.0. The Morgan fingerprint density at radius 1 is 1.04 bits per heavy atom. The molecule has 1 aliphatic carbocycles. The fourth-order valence-corrected chi connectivity index (χ4v) is 3.91. The minimum atomic E-state index is -0.446. The molecule has 0 unspecified atom stereocenters. The standard InChI is InChI=1S/C21H38O4/c1-3-4-7-11-17(23)13-14-19-18(20(24)15-21(19)25)12-9-6-5-8-10-16(2)22/h5,8,10,17-25H,3-4,6-7,9,11-15H2,1-2H3/b8-5+,16-10+/t17-,18+,19+,20-,21+/m0/s1. The van der Waals surface area contributed by atoms with E-state index in [2.05, 4.69) is 6.92 Å². The second kappa shape index (κ2) is 12.5. The summed E-state index contributed by atoms with van der Waals surface area (Å²) < 4.78 is 0. The predicted octanol–water partition coefficient (Wildman–Crippen LogP) is 4.25. The van der Waals surface area contributed by atoms with Gasteiger partial charge in [-0.1, -0.05) is 38.3 Å². The summed E-state index contributed by atoms with van der Waals surface area (Å²) in [7, 11) is 0. The first-order valence-electron chi connectivity index (χ1n) is 10.0. The molecule has 0 spiro atoms. The number of aliphatic hydroxyl groups excluding tert-OH is 4. The largest absolute Gasteiger partial charge is 0.513 e. The van der Waals surface area contributed by atoms with Crippen LogP contribution in [0.5, 0.6) is 0 Å². The third-order valence-corrected chi connectivity index (χ3v) is 5.38. The Morgan fingerprint density at radius 3 is 2.36 bits per heavy atom. The van der Waals surface area contributed by atoms with Crippen LogP contribution in [0.15, 0.2) is 24.0 Å². The Hall–Kier alpha value is -0.840. The van der Waals surface area contributed by atoms with Crippen molar-refractivity contribution in [3.63, 3.8) is 0 Å². The number of aliphatic hydroxyl groups is 4. The van der Waals surface area contributed by atoms with Gasteiger partial charge in [-0.15, -0.1) is 0 Å². The molecule has 1 fully saturated rings. The highest BCUT2D eigenvalue weighted by Gasteiger charge is 2.40. The molecule has 0 aromatic carbocycles. The number of allylic oxidation sites excluding steroid dienone is 4. The topological polar surface area (TPSA) is 80.9 Å². The fraction of sp³-hybridized carbons (Fsp3) is 0.810. The van der Waals surface area contributed by atoms with Crippen molar-refractivity contribution in [3.8, 4) is 0 Å². The van der Waals surface area contributed by atoms with Gasteiger partial charge in [0.05, 0.1) is 24.1 Å². The molecule has 4 N–H and O–H groups in total. The van der Waals surface area contributed by atoms with Gasteiger partial charge in [-0.2, -0.15) is 0 Å². The van der Waals surface area contributed by atoms with Gasteiger partial charge in [0.1, 0.15) is 0 Å². The molecule has 0 heterocycles. The molecule has 0 amide bonds. The predicted molar refractivity (Wildman–Crippen MR) is 102 cm³/mol. The quantitative estimate of drug-likeness (QED) is 0.240.